The van der Waals surface area contributed by atoms with Crippen LogP contribution in [0.4, 0.5) is 0 Å². The lowest BCUT2D eigenvalue weighted by Crippen LogP contribution is -2.24. The third kappa shape index (κ3) is 2.68. The van der Waals surface area contributed by atoms with Gasteiger partial charge in [0.2, 0.25) is 0 Å². The first-order valence-electron chi connectivity index (χ1n) is 4.22. The first-order valence-corrected chi connectivity index (χ1v) is 4.22. The summed E-state index contributed by atoms with van der Waals surface area (Å²) in [6, 6.07) is 2.13. The normalized spacial score (nSPS) is 11.0. The van der Waals surface area contributed by atoms with E-state index in [4.69, 9.17) is 5.73 Å². The van der Waals surface area contributed by atoms with Crippen LogP contribution in [0.5, 0.6) is 0 Å². The molecule has 1 aromatic rings. The second kappa shape index (κ2) is 4.28. The van der Waals surface area contributed by atoms with E-state index in [2.05, 4.69) is 35.0 Å². The molecule has 0 fully saturated rings. The van der Waals surface area contributed by atoms with Crippen LogP contribution in [0.1, 0.15) is 5.56 Å². The van der Waals surface area contributed by atoms with Crippen LogP contribution in [0.2, 0.25) is 0 Å². The standard InChI is InChI=1S/C9H17N3/c1-11-5-3-9(7-11)8-12(2)6-4-10/h3,5,7H,4,6,8,10H2,1-2H3. The fraction of sp³-hybridized carbons (Fsp3) is 0.556. The Balaban J connectivity index is 2.41. The molecule has 0 saturated heterocycles. The lowest BCUT2D eigenvalue weighted by Gasteiger charge is -2.13. The molecule has 0 aliphatic rings. The van der Waals surface area contributed by atoms with Gasteiger partial charge in [-0.15, -0.1) is 0 Å². The van der Waals surface area contributed by atoms with Gasteiger partial charge in [0.05, 0.1) is 0 Å². The second-order valence-electron chi connectivity index (χ2n) is 3.21. The molecule has 0 aliphatic heterocycles. The Morgan fingerprint density at radius 1 is 1.58 bits per heavy atom. The molecule has 0 spiro atoms. The third-order valence-electron chi connectivity index (χ3n) is 1.86. The van der Waals surface area contributed by atoms with Crippen molar-refractivity contribution in [2.75, 3.05) is 20.1 Å². The summed E-state index contributed by atoms with van der Waals surface area (Å²) in [5.74, 6) is 0. The topological polar surface area (TPSA) is 34.2 Å². The summed E-state index contributed by atoms with van der Waals surface area (Å²) in [7, 11) is 4.12. The number of hydrogen-bond donors (Lipinski definition) is 1. The van der Waals surface area contributed by atoms with Crippen molar-refractivity contribution in [3.8, 4) is 0 Å². The van der Waals surface area contributed by atoms with Crippen molar-refractivity contribution in [2.45, 2.75) is 6.54 Å². The Hall–Kier alpha value is -0.800. The Bertz CT molecular complexity index is 229. The van der Waals surface area contributed by atoms with Gasteiger partial charge in [0.15, 0.2) is 0 Å². The molecule has 3 nitrogen and oxygen atoms in total. The van der Waals surface area contributed by atoms with E-state index < -0.39 is 0 Å². The third-order valence-corrected chi connectivity index (χ3v) is 1.86. The first-order chi connectivity index (χ1) is 5.72. The average Bonchev–Trinajstić information content (AvgIpc) is 2.36. The number of nitrogens with two attached hydrogens (primary N) is 1. The quantitative estimate of drug-likeness (QED) is 0.705. The molecule has 0 amide bonds. The van der Waals surface area contributed by atoms with Crippen LogP contribution in [0.3, 0.4) is 0 Å². The van der Waals surface area contributed by atoms with Crippen molar-refractivity contribution in [3.05, 3.63) is 24.0 Å². The number of aromatic nitrogens is 1. The maximum absolute atomic E-state index is 5.44. The van der Waals surface area contributed by atoms with Gasteiger partial charge in [-0.3, -0.25) is 0 Å². The van der Waals surface area contributed by atoms with Gasteiger partial charge in [0.25, 0.3) is 0 Å². The molecule has 12 heavy (non-hydrogen) atoms. The summed E-state index contributed by atoms with van der Waals surface area (Å²) in [5, 5.41) is 0. The largest absolute Gasteiger partial charge is 0.357 e. The van der Waals surface area contributed by atoms with Crippen LogP contribution >= 0.6 is 0 Å². The monoisotopic (exact) mass is 167 g/mol. The smallest absolute Gasteiger partial charge is 0.0246 e. The van der Waals surface area contributed by atoms with E-state index in [0.29, 0.717) is 0 Å². The molecule has 1 rings (SSSR count). The Kier molecular flexibility index (Phi) is 3.31. The van der Waals surface area contributed by atoms with Gasteiger partial charge < -0.3 is 15.2 Å². The summed E-state index contributed by atoms with van der Waals surface area (Å²) in [4.78, 5) is 2.22. The van der Waals surface area contributed by atoms with Crippen molar-refractivity contribution < 1.29 is 0 Å². The molecule has 0 atom stereocenters. The number of nitrogens with zero attached hydrogens (tertiary/aromatic N) is 2. The Morgan fingerprint density at radius 2 is 2.33 bits per heavy atom. The van der Waals surface area contributed by atoms with Gasteiger partial charge in [-0.25, -0.2) is 0 Å². The van der Waals surface area contributed by atoms with E-state index in [0.717, 1.165) is 19.6 Å². The minimum absolute atomic E-state index is 0.726. The SMILES string of the molecule is CN(CCN)Cc1ccn(C)c1. The molecule has 1 heterocycles. The number of likely N-dealkylation sites (N-methyl/N-ethyl adjacent to an activating group) is 1. The maximum atomic E-state index is 5.44. The van der Waals surface area contributed by atoms with Crippen LogP contribution in [0, 0.1) is 0 Å². The van der Waals surface area contributed by atoms with Crippen LogP contribution < -0.4 is 5.73 Å². The molecule has 0 saturated carbocycles. The molecule has 2 N–H and O–H groups in total. The molecule has 0 unspecified atom stereocenters. The average molecular weight is 167 g/mol. The molecule has 0 aromatic carbocycles. The van der Waals surface area contributed by atoms with Gasteiger partial charge in [-0.1, -0.05) is 0 Å². The highest BCUT2D eigenvalue weighted by atomic mass is 15.1. The number of aryl methyl sites for hydroxylation is 1. The van der Waals surface area contributed by atoms with Crippen LogP contribution in [-0.4, -0.2) is 29.6 Å². The zero-order chi connectivity index (χ0) is 8.97. The fourth-order valence-corrected chi connectivity index (χ4v) is 1.27. The van der Waals surface area contributed by atoms with E-state index in [1.54, 1.807) is 0 Å². The molecule has 1 aromatic heterocycles. The van der Waals surface area contributed by atoms with Crippen molar-refractivity contribution in [1.29, 1.82) is 0 Å². The summed E-state index contributed by atoms with van der Waals surface area (Å²) in [5.41, 5.74) is 6.78. The molecule has 0 aliphatic carbocycles. The Labute approximate surface area is 73.8 Å². The summed E-state index contributed by atoms with van der Waals surface area (Å²) in [6.07, 6.45) is 4.19. The molecular weight excluding hydrogens is 150 g/mol. The highest BCUT2D eigenvalue weighted by Gasteiger charge is 1.99. The van der Waals surface area contributed by atoms with Crippen molar-refractivity contribution >= 4 is 0 Å². The fourth-order valence-electron chi connectivity index (χ4n) is 1.27. The maximum Gasteiger partial charge on any atom is 0.0246 e. The number of rotatable bonds is 4. The van der Waals surface area contributed by atoms with Crippen LogP contribution in [-0.2, 0) is 13.6 Å². The van der Waals surface area contributed by atoms with E-state index in [1.807, 2.05) is 7.05 Å². The van der Waals surface area contributed by atoms with E-state index in [1.165, 1.54) is 5.56 Å². The lowest BCUT2D eigenvalue weighted by atomic mass is 10.3. The van der Waals surface area contributed by atoms with Gasteiger partial charge in [-0.2, -0.15) is 0 Å². The van der Waals surface area contributed by atoms with Crippen molar-refractivity contribution in [3.63, 3.8) is 0 Å². The highest BCUT2D eigenvalue weighted by molar-refractivity contribution is 5.09. The van der Waals surface area contributed by atoms with Crippen LogP contribution in [0.15, 0.2) is 18.5 Å². The Morgan fingerprint density at radius 3 is 2.83 bits per heavy atom. The van der Waals surface area contributed by atoms with E-state index >= 15 is 0 Å². The van der Waals surface area contributed by atoms with Gasteiger partial charge in [0, 0.05) is 39.1 Å². The molecule has 68 valence electrons. The zero-order valence-corrected chi connectivity index (χ0v) is 7.83. The van der Waals surface area contributed by atoms with E-state index in [9.17, 15) is 0 Å². The summed E-state index contributed by atoms with van der Waals surface area (Å²) in [6.45, 7) is 2.66. The van der Waals surface area contributed by atoms with E-state index in [-0.39, 0.29) is 0 Å². The molecule has 0 radical (unpaired) electrons. The molecular formula is C9H17N3. The van der Waals surface area contributed by atoms with Gasteiger partial charge >= 0.3 is 0 Å². The molecule has 0 bridgehead atoms. The second-order valence-corrected chi connectivity index (χ2v) is 3.21. The zero-order valence-electron chi connectivity index (χ0n) is 7.83. The minimum atomic E-state index is 0.726. The predicted molar refractivity (Wildman–Crippen MR) is 50.8 cm³/mol. The number of hydrogen-bond acceptors (Lipinski definition) is 2. The minimum Gasteiger partial charge on any atom is -0.357 e. The van der Waals surface area contributed by atoms with Crippen molar-refractivity contribution in [1.82, 2.24) is 9.47 Å². The summed E-state index contributed by atoms with van der Waals surface area (Å²) < 4.78 is 2.06. The highest BCUT2D eigenvalue weighted by Crippen LogP contribution is 2.02. The predicted octanol–water partition coefficient (Wildman–Crippen LogP) is 0.416. The lowest BCUT2D eigenvalue weighted by molar-refractivity contribution is 0.336. The van der Waals surface area contributed by atoms with Crippen LogP contribution in [0.25, 0.3) is 0 Å². The first kappa shape index (κ1) is 9.29. The summed E-state index contributed by atoms with van der Waals surface area (Å²) >= 11 is 0. The van der Waals surface area contributed by atoms with Gasteiger partial charge in [-0.05, 0) is 18.7 Å². The molecule has 3 heteroatoms. The van der Waals surface area contributed by atoms with Crippen molar-refractivity contribution in [2.24, 2.45) is 12.8 Å². The van der Waals surface area contributed by atoms with Gasteiger partial charge in [0.1, 0.15) is 0 Å².